The van der Waals surface area contributed by atoms with Crippen molar-refractivity contribution in [1.29, 1.82) is 0 Å². The molecule has 3 heteroatoms. The third-order valence-corrected chi connectivity index (χ3v) is 3.33. The maximum absolute atomic E-state index is 9.13. The van der Waals surface area contributed by atoms with Crippen LogP contribution in [0.25, 0.3) is 10.9 Å². The fourth-order valence-corrected chi connectivity index (χ4v) is 2.37. The van der Waals surface area contributed by atoms with E-state index in [1.165, 1.54) is 0 Å². The first-order valence-corrected chi connectivity index (χ1v) is 6.74. The van der Waals surface area contributed by atoms with Crippen LogP contribution < -0.4 is 4.74 Å². The van der Waals surface area contributed by atoms with Gasteiger partial charge in [-0.3, -0.25) is 0 Å². The normalized spacial score (nSPS) is 10.8. The molecular formula is C17H17NO2. The van der Waals surface area contributed by atoms with E-state index in [-0.39, 0.29) is 6.61 Å². The molecule has 0 saturated heterocycles. The molecule has 0 bridgehead atoms. The highest BCUT2D eigenvalue weighted by atomic mass is 16.5. The van der Waals surface area contributed by atoms with Gasteiger partial charge in [0.25, 0.3) is 0 Å². The van der Waals surface area contributed by atoms with Gasteiger partial charge in [0.1, 0.15) is 12.4 Å². The summed E-state index contributed by atoms with van der Waals surface area (Å²) < 4.78 is 7.97. The largest absolute Gasteiger partial charge is 0.487 e. The molecule has 0 fully saturated rings. The van der Waals surface area contributed by atoms with Crippen molar-refractivity contribution >= 4 is 10.9 Å². The van der Waals surface area contributed by atoms with Gasteiger partial charge in [0, 0.05) is 18.1 Å². The molecule has 20 heavy (non-hydrogen) atoms. The highest BCUT2D eigenvalue weighted by Gasteiger charge is 2.07. The summed E-state index contributed by atoms with van der Waals surface area (Å²) in [7, 11) is 0. The van der Waals surface area contributed by atoms with Crippen LogP contribution in [0, 0.1) is 0 Å². The zero-order valence-corrected chi connectivity index (χ0v) is 11.2. The van der Waals surface area contributed by atoms with Crippen LogP contribution in [0.1, 0.15) is 5.56 Å². The molecular weight excluding hydrogens is 250 g/mol. The molecule has 3 nitrogen and oxygen atoms in total. The molecule has 1 aromatic heterocycles. The average Bonchev–Trinajstić information content (AvgIpc) is 2.91. The summed E-state index contributed by atoms with van der Waals surface area (Å²) in [5.41, 5.74) is 2.18. The second-order valence-electron chi connectivity index (χ2n) is 4.70. The number of benzene rings is 2. The molecule has 1 heterocycles. The van der Waals surface area contributed by atoms with Gasteiger partial charge in [-0.1, -0.05) is 42.5 Å². The highest BCUT2D eigenvalue weighted by molar-refractivity contribution is 5.86. The van der Waals surface area contributed by atoms with Crippen molar-refractivity contribution in [3.8, 4) is 5.75 Å². The smallest absolute Gasteiger partial charge is 0.144 e. The third kappa shape index (κ3) is 2.53. The lowest BCUT2D eigenvalue weighted by Gasteiger charge is -2.10. The van der Waals surface area contributed by atoms with E-state index in [0.29, 0.717) is 13.2 Å². The predicted octanol–water partition coefficient (Wildman–Crippen LogP) is 3.21. The van der Waals surface area contributed by atoms with E-state index in [1.807, 2.05) is 59.3 Å². The van der Waals surface area contributed by atoms with Gasteiger partial charge in [0.15, 0.2) is 0 Å². The Hall–Kier alpha value is -2.26. The molecule has 1 N–H and O–H groups in total. The van der Waals surface area contributed by atoms with Gasteiger partial charge >= 0.3 is 0 Å². The Balaban J connectivity index is 1.89. The van der Waals surface area contributed by atoms with Crippen LogP contribution in [-0.4, -0.2) is 16.3 Å². The van der Waals surface area contributed by atoms with Crippen LogP contribution in [0.4, 0.5) is 0 Å². The molecule has 0 radical (unpaired) electrons. The monoisotopic (exact) mass is 267 g/mol. The summed E-state index contributed by atoms with van der Waals surface area (Å²) in [6, 6.07) is 18.2. The summed E-state index contributed by atoms with van der Waals surface area (Å²) in [5, 5.41) is 10.3. The minimum absolute atomic E-state index is 0.122. The number of ether oxygens (including phenoxy) is 1. The quantitative estimate of drug-likeness (QED) is 0.770. The van der Waals surface area contributed by atoms with Crippen molar-refractivity contribution in [2.45, 2.75) is 13.2 Å². The van der Waals surface area contributed by atoms with Crippen LogP contribution in [0.15, 0.2) is 60.8 Å². The number of fused-ring (bicyclic) bond motifs is 1. The number of para-hydroxylation sites is 1. The molecule has 0 atom stereocenters. The topological polar surface area (TPSA) is 34.4 Å². The minimum Gasteiger partial charge on any atom is -0.487 e. The number of hydrogen-bond donors (Lipinski definition) is 1. The third-order valence-electron chi connectivity index (χ3n) is 3.33. The number of aromatic nitrogens is 1. The summed E-state index contributed by atoms with van der Waals surface area (Å²) in [6.07, 6.45) is 1.98. The summed E-state index contributed by atoms with van der Waals surface area (Å²) in [4.78, 5) is 0. The van der Waals surface area contributed by atoms with Crippen LogP contribution in [0.5, 0.6) is 5.75 Å². The van der Waals surface area contributed by atoms with E-state index < -0.39 is 0 Å². The maximum atomic E-state index is 9.13. The Bertz CT molecular complexity index is 689. The van der Waals surface area contributed by atoms with Crippen molar-refractivity contribution in [3.63, 3.8) is 0 Å². The first kappa shape index (κ1) is 12.8. The van der Waals surface area contributed by atoms with Gasteiger partial charge in [-0.25, -0.2) is 0 Å². The fourth-order valence-electron chi connectivity index (χ4n) is 2.37. The van der Waals surface area contributed by atoms with Gasteiger partial charge < -0.3 is 14.4 Å². The molecule has 0 spiro atoms. The summed E-state index contributed by atoms with van der Waals surface area (Å²) in [5.74, 6) is 0.852. The predicted molar refractivity (Wildman–Crippen MR) is 79.8 cm³/mol. The van der Waals surface area contributed by atoms with E-state index in [2.05, 4.69) is 6.07 Å². The molecule has 0 aliphatic rings. The molecule has 0 aliphatic carbocycles. The van der Waals surface area contributed by atoms with Crippen LogP contribution in [0.2, 0.25) is 0 Å². The van der Waals surface area contributed by atoms with Crippen LogP contribution in [0.3, 0.4) is 0 Å². The molecule has 3 aromatic rings. The highest BCUT2D eigenvalue weighted by Crippen LogP contribution is 2.27. The lowest BCUT2D eigenvalue weighted by Crippen LogP contribution is -2.02. The first-order valence-electron chi connectivity index (χ1n) is 6.74. The number of rotatable bonds is 5. The van der Waals surface area contributed by atoms with E-state index in [0.717, 1.165) is 22.2 Å². The van der Waals surface area contributed by atoms with E-state index in [4.69, 9.17) is 9.84 Å². The second kappa shape index (κ2) is 5.80. The Morgan fingerprint density at radius 2 is 1.80 bits per heavy atom. The Morgan fingerprint density at radius 1 is 0.950 bits per heavy atom. The summed E-state index contributed by atoms with van der Waals surface area (Å²) in [6.45, 7) is 1.25. The Kier molecular flexibility index (Phi) is 3.70. The molecule has 2 aromatic carbocycles. The zero-order chi connectivity index (χ0) is 13.8. The van der Waals surface area contributed by atoms with Gasteiger partial charge in [-0.2, -0.15) is 0 Å². The van der Waals surface area contributed by atoms with Crippen molar-refractivity contribution in [2.24, 2.45) is 0 Å². The minimum atomic E-state index is 0.122. The number of hydrogen-bond acceptors (Lipinski definition) is 2. The molecule has 102 valence electrons. The van der Waals surface area contributed by atoms with E-state index >= 15 is 0 Å². The number of aliphatic hydroxyl groups excluding tert-OH is 1. The van der Waals surface area contributed by atoms with Gasteiger partial charge in [-0.05, 0) is 17.7 Å². The lowest BCUT2D eigenvalue weighted by molar-refractivity contribution is 0.276. The average molecular weight is 267 g/mol. The Labute approximate surface area is 118 Å². The maximum Gasteiger partial charge on any atom is 0.144 e. The van der Waals surface area contributed by atoms with Crippen LogP contribution in [-0.2, 0) is 13.2 Å². The molecule has 0 unspecified atom stereocenters. The molecule has 0 aliphatic heterocycles. The number of nitrogens with zero attached hydrogens (tertiary/aromatic N) is 1. The van der Waals surface area contributed by atoms with Crippen LogP contribution >= 0.6 is 0 Å². The lowest BCUT2D eigenvalue weighted by atomic mass is 10.2. The summed E-state index contributed by atoms with van der Waals surface area (Å²) >= 11 is 0. The van der Waals surface area contributed by atoms with Crippen molar-refractivity contribution in [2.75, 3.05) is 6.61 Å². The fraction of sp³-hybridized carbons (Fsp3) is 0.176. The van der Waals surface area contributed by atoms with Crippen molar-refractivity contribution < 1.29 is 9.84 Å². The molecule has 0 saturated carbocycles. The zero-order valence-electron chi connectivity index (χ0n) is 11.2. The van der Waals surface area contributed by atoms with E-state index in [9.17, 15) is 0 Å². The van der Waals surface area contributed by atoms with E-state index in [1.54, 1.807) is 0 Å². The molecule has 0 amide bonds. The van der Waals surface area contributed by atoms with Crippen molar-refractivity contribution in [1.82, 2.24) is 4.57 Å². The molecule has 3 rings (SSSR count). The standard InChI is InChI=1S/C17H17NO2/c19-12-11-18-10-9-15-7-4-8-16(17(15)18)20-13-14-5-2-1-3-6-14/h1-10,19H,11-13H2. The Morgan fingerprint density at radius 3 is 2.60 bits per heavy atom. The van der Waals surface area contributed by atoms with Gasteiger partial charge in [-0.15, -0.1) is 0 Å². The van der Waals surface area contributed by atoms with Gasteiger partial charge in [0.05, 0.1) is 12.1 Å². The second-order valence-corrected chi connectivity index (χ2v) is 4.70. The van der Waals surface area contributed by atoms with Gasteiger partial charge in [0.2, 0.25) is 0 Å². The van der Waals surface area contributed by atoms with Crippen molar-refractivity contribution in [3.05, 3.63) is 66.4 Å². The number of aliphatic hydroxyl groups is 1. The first-order chi connectivity index (χ1) is 9.88. The SMILES string of the molecule is OCCn1ccc2cccc(OCc3ccccc3)c21.